The predicted molar refractivity (Wildman–Crippen MR) is 105 cm³/mol. The molecule has 3 aromatic rings. The third kappa shape index (κ3) is 4.52. The molecule has 144 valence electrons. The Morgan fingerprint density at radius 2 is 1.61 bits per heavy atom. The average molecular weight is 397 g/mol. The van der Waals surface area contributed by atoms with Crippen molar-refractivity contribution in [3.63, 3.8) is 0 Å². The molecule has 7 nitrogen and oxygen atoms in total. The van der Waals surface area contributed by atoms with Crippen molar-refractivity contribution in [3.05, 3.63) is 78.4 Å². The van der Waals surface area contributed by atoms with Crippen molar-refractivity contribution in [2.45, 2.75) is 24.8 Å². The number of benzene rings is 1. The number of pyridine rings is 2. The number of nitrogens with zero attached hydrogens (tertiary/aromatic N) is 2. The zero-order chi connectivity index (χ0) is 20.1. The van der Waals surface area contributed by atoms with E-state index in [0.29, 0.717) is 11.3 Å². The van der Waals surface area contributed by atoms with Gasteiger partial charge in [0.15, 0.2) is 5.78 Å². The number of carbonyl (C=O) groups is 1. The van der Waals surface area contributed by atoms with E-state index >= 15 is 0 Å². The number of ketones is 1. The molecule has 0 bridgehead atoms. The largest absolute Gasteiger partial charge is 0.491 e. The van der Waals surface area contributed by atoms with Crippen LogP contribution in [-0.2, 0) is 10.0 Å². The first-order valence-electron chi connectivity index (χ1n) is 8.55. The van der Waals surface area contributed by atoms with Gasteiger partial charge < -0.3 is 4.74 Å². The molecule has 0 unspecified atom stereocenters. The summed E-state index contributed by atoms with van der Waals surface area (Å²) >= 11 is 0. The second-order valence-corrected chi connectivity index (χ2v) is 7.91. The first kappa shape index (κ1) is 19.5. The fourth-order valence-electron chi connectivity index (χ4n) is 2.50. The lowest BCUT2D eigenvalue weighted by Gasteiger charge is -2.13. The fraction of sp³-hybridized carbons (Fsp3) is 0.150. The minimum absolute atomic E-state index is 0.0147. The Morgan fingerprint density at radius 3 is 2.25 bits per heavy atom. The molecule has 28 heavy (non-hydrogen) atoms. The maximum Gasteiger partial charge on any atom is 0.261 e. The molecule has 8 heteroatoms. The van der Waals surface area contributed by atoms with E-state index < -0.39 is 10.0 Å². The van der Waals surface area contributed by atoms with E-state index in [1.807, 2.05) is 13.8 Å². The summed E-state index contributed by atoms with van der Waals surface area (Å²) in [5.74, 6) is 0.222. The molecule has 2 aromatic heterocycles. The van der Waals surface area contributed by atoms with Crippen molar-refractivity contribution < 1.29 is 17.9 Å². The van der Waals surface area contributed by atoms with Crippen molar-refractivity contribution >= 4 is 21.5 Å². The highest BCUT2D eigenvalue weighted by Gasteiger charge is 2.20. The lowest BCUT2D eigenvalue weighted by atomic mass is 10.1. The van der Waals surface area contributed by atoms with Gasteiger partial charge in [0.1, 0.15) is 5.75 Å². The molecule has 3 rings (SSSR count). The van der Waals surface area contributed by atoms with Gasteiger partial charge in [-0.05, 0) is 56.3 Å². The molecule has 0 radical (unpaired) electrons. The first-order valence-corrected chi connectivity index (χ1v) is 10.0. The smallest absolute Gasteiger partial charge is 0.261 e. The third-order valence-electron chi connectivity index (χ3n) is 3.76. The Kier molecular flexibility index (Phi) is 5.70. The van der Waals surface area contributed by atoms with E-state index in [0.717, 1.165) is 0 Å². The molecule has 0 spiro atoms. The minimum atomic E-state index is -3.89. The highest BCUT2D eigenvalue weighted by molar-refractivity contribution is 7.92. The van der Waals surface area contributed by atoms with Gasteiger partial charge in [0.05, 0.1) is 22.3 Å². The number of nitrogens with one attached hydrogen (secondary N) is 1. The van der Waals surface area contributed by atoms with Crippen LogP contribution in [0.2, 0.25) is 0 Å². The summed E-state index contributed by atoms with van der Waals surface area (Å²) in [5.41, 5.74) is 0.690. The first-order chi connectivity index (χ1) is 13.4. The van der Waals surface area contributed by atoms with Crippen LogP contribution in [0.15, 0.2) is 72.1 Å². The summed E-state index contributed by atoms with van der Waals surface area (Å²) < 4.78 is 33.5. The molecule has 2 heterocycles. The maximum absolute atomic E-state index is 12.8. The van der Waals surface area contributed by atoms with Gasteiger partial charge in [-0.15, -0.1) is 0 Å². The lowest BCUT2D eigenvalue weighted by Crippen LogP contribution is -2.16. The van der Waals surface area contributed by atoms with E-state index in [-0.39, 0.29) is 28.0 Å². The topological polar surface area (TPSA) is 98.3 Å². The summed E-state index contributed by atoms with van der Waals surface area (Å²) in [4.78, 5) is 20.6. The average Bonchev–Trinajstić information content (AvgIpc) is 2.68. The van der Waals surface area contributed by atoms with E-state index in [9.17, 15) is 13.2 Å². The van der Waals surface area contributed by atoms with Gasteiger partial charge in [0, 0.05) is 30.4 Å². The number of hydrogen-bond acceptors (Lipinski definition) is 6. The molecule has 1 aromatic carbocycles. The van der Waals surface area contributed by atoms with Crippen LogP contribution in [0.25, 0.3) is 0 Å². The van der Waals surface area contributed by atoms with Gasteiger partial charge in [0.25, 0.3) is 10.0 Å². The third-order valence-corrected chi connectivity index (χ3v) is 5.14. The predicted octanol–water partition coefficient (Wildman–Crippen LogP) is 3.30. The second kappa shape index (κ2) is 8.18. The summed E-state index contributed by atoms with van der Waals surface area (Å²) in [6.45, 7) is 3.77. The van der Waals surface area contributed by atoms with Gasteiger partial charge in [0.2, 0.25) is 0 Å². The quantitative estimate of drug-likeness (QED) is 0.614. The monoisotopic (exact) mass is 397 g/mol. The van der Waals surface area contributed by atoms with E-state index in [4.69, 9.17) is 4.74 Å². The van der Waals surface area contributed by atoms with Gasteiger partial charge in [-0.3, -0.25) is 19.5 Å². The number of hydrogen-bond donors (Lipinski definition) is 1. The van der Waals surface area contributed by atoms with Crippen LogP contribution in [0.4, 0.5) is 5.69 Å². The SMILES string of the molecule is CC(C)Oc1ccc(S(=O)(=O)Nc2ccncc2C(=O)c2ccncc2)cc1. The minimum Gasteiger partial charge on any atom is -0.491 e. The Labute approximate surface area is 163 Å². The molecule has 0 aliphatic rings. The number of ether oxygens (including phenoxy) is 1. The Morgan fingerprint density at radius 1 is 0.964 bits per heavy atom. The van der Waals surface area contributed by atoms with Crippen molar-refractivity contribution in [2.75, 3.05) is 4.72 Å². The highest BCUT2D eigenvalue weighted by atomic mass is 32.2. The second-order valence-electron chi connectivity index (χ2n) is 6.23. The summed E-state index contributed by atoms with van der Waals surface area (Å²) in [5, 5.41) is 0. The van der Waals surface area contributed by atoms with Crippen LogP contribution in [0.3, 0.4) is 0 Å². The van der Waals surface area contributed by atoms with Crippen LogP contribution < -0.4 is 9.46 Å². The molecule has 0 fully saturated rings. The van der Waals surface area contributed by atoms with Crippen LogP contribution in [-0.4, -0.2) is 30.3 Å². The molecule has 0 aliphatic heterocycles. The van der Waals surface area contributed by atoms with Gasteiger partial charge in [-0.25, -0.2) is 8.42 Å². The molecule has 1 N–H and O–H groups in total. The Bertz CT molecular complexity index is 1070. The highest BCUT2D eigenvalue weighted by Crippen LogP contribution is 2.23. The number of aromatic nitrogens is 2. The van der Waals surface area contributed by atoms with Crippen molar-refractivity contribution in [3.8, 4) is 5.75 Å². The molecule has 0 aliphatic carbocycles. The normalized spacial score (nSPS) is 11.2. The number of sulfonamides is 1. The van der Waals surface area contributed by atoms with Gasteiger partial charge in [-0.1, -0.05) is 0 Å². The molecule has 0 saturated heterocycles. The fourth-order valence-corrected chi connectivity index (χ4v) is 3.58. The number of anilines is 1. The van der Waals surface area contributed by atoms with Gasteiger partial charge in [-0.2, -0.15) is 0 Å². The van der Waals surface area contributed by atoms with Crippen LogP contribution >= 0.6 is 0 Å². The molecular formula is C20H19N3O4S. The van der Waals surface area contributed by atoms with Crippen molar-refractivity contribution in [1.82, 2.24) is 9.97 Å². The standard InChI is InChI=1S/C20H19N3O4S/c1-14(2)27-16-3-5-17(6-4-16)28(25,26)23-19-9-12-22-13-18(19)20(24)15-7-10-21-11-8-15/h3-14H,1-2H3,(H,22,23). The van der Waals surface area contributed by atoms with Crippen LogP contribution in [0, 0.1) is 0 Å². The van der Waals surface area contributed by atoms with Gasteiger partial charge >= 0.3 is 0 Å². The summed E-state index contributed by atoms with van der Waals surface area (Å²) in [6, 6.07) is 10.6. The van der Waals surface area contributed by atoms with E-state index in [1.165, 1.54) is 43.0 Å². The Balaban J connectivity index is 1.88. The van der Waals surface area contributed by atoms with E-state index in [2.05, 4.69) is 14.7 Å². The lowest BCUT2D eigenvalue weighted by molar-refractivity contribution is 0.103. The molecule has 0 saturated carbocycles. The molecular weight excluding hydrogens is 378 g/mol. The summed E-state index contributed by atoms with van der Waals surface area (Å²) in [6.07, 6.45) is 5.72. The number of carbonyl (C=O) groups excluding carboxylic acids is 1. The maximum atomic E-state index is 12.8. The van der Waals surface area contributed by atoms with E-state index in [1.54, 1.807) is 24.3 Å². The Hall–Kier alpha value is -3.26. The summed E-state index contributed by atoms with van der Waals surface area (Å²) in [7, 11) is -3.89. The zero-order valence-electron chi connectivity index (χ0n) is 15.4. The zero-order valence-corrected chi connectivity index (χ0v) is 16.2. The molecule has 0 amide bonds. The number of rotatable bonds is 7. The van der Waals surface area contributed by atoms with Crippen LogP contribution in [0.1, 0.15) is 29.8 Å². The van der Waals surface area contributed by atoms with Crippen LogP contribution in [0.5, 0.6) is 5.75 Å². The van der Waals surface area contributed by atoms with Crippen molar-refractivity contribution in [1.29, 1.82) is 0 Å². The van der Waals surface area contributed by atoms with Crippen molar-refractivity contribution in [2.24, 2.45) is 0 Å². The molecule has 0 atom stereocenters.